The van der Waals surface area contributed by atoms with Crippen LogP contribution in [0.25, 0.3) is 0 Å². The number of carboxylic acids is 1. The number of carbonyl (C=O) groups is 1. The monoisotopic (exact) mass is 290 g/mol. The Bertz CT molecular complexity index is 325. The number of thiophene rings is 1. The van der Waals surface area contributed by atoms with Gasteiger partial charge in [0.25, 0.3) is 0 Å². The van der Waals surface area contributed by atoms with E-state index >= 15 is 0 Å². The summed E-state index contributed by atoms with van der Waals surface area (Å²) in [5.41, 5.74) is 0. The molecule has 1 N–H and O–H groups in total. The van der Waals surface area contributed by atoms with E-state index in [1.165, 1.54) is 29.5 Å². The van der Waals surface area contributed by atoms with Crippen LogP contribution in [0.3, 0.4) is 0 Å². The predicted octanol–water partition coefficient (Wildman–Crippen LogP) is 4.49. The first kappa shape index (κ1) is 14.9. The van der Waals surface area contributed by atoms with E-state index in [0.717, 1.165) is 5.75 Å². The highest BCUT2D eigenvalue weighted by Gasteiger charge is 2.21. The maximum absolute atomic E-state index is 10.9. The van der Waals surface area contributed by atoms with Crippen molar-refractivity contribution in [2.45, 2.75) is 36.5 Å². The Labute approximate surface area is 115 Å². The van der Waals surface area contributed by atoms with Crippen molar-refractivity contribution in [3.8, 4) is 0 Å². The lowest BCUT2D eigenvalue weighted by molar-refractivity contribution is -0.136. The van der Waals surface area contributed by atoms with Crippen LogP contribution in [-0.4, -0.2) is 22.1 Å². The molecule has 0 fully saturated rings. The summed E-state index contributed by atoms with van der Waals surface area (Å²) in [4.78, 5) is 12.2. The van der Waals surface area contributed by atoms with E-state index < -0.39 is 5.97 Å². The summed E-state index contributed by atoms with van der Waals surface area (Å²) in [6.45, 7) is 3.93. The molecular formula is C12H18O2S3. The van der Waals surface area contributed by atoms with Gasteiger partial charge in [-0.15, -0.1) is 34.9 Å². The summed E-state index contributed by atoms with van der Waals surface area (Å²) in [5, 5.41) is 10.7. The highest BCUT2D eigenvalue weighted by Crippen LogP contribution is 2.43. The smallest absolute Gasteiger partial charge is 0.316 e. The maximum Gasteiger partial charge on any atom is 0.316 e. The number of unbranched alkanes of at least 4 members (excludes halogenated alkanes) is 1. The van der Waals surface area contributed by atoms with E-state index in [1.807, 2.05) is 17.8 Å². The van der Waals surface area contributed by atoms with E-state index in [1.54, 1.807) is 18.3 Å². The van der Waals surface area contributed by atoms with Crippen LogP contribution in [0.2, 0.25) is 0 Å². The van der Waals surface area contributed by atoms with Gasteiger partial charge in [0, 0.05) is 4.88 Å². The van der Waals surface area contributed by atoms with Gasteiger partial charge in [0.2, 0.25) is 0 Å². The summed E-state index contributed by atoms with van der Waals surface area (Å²) in [6, 6.07) is 4.12. The second-order valence-electron chi connectivity index (χ2n) is 3.69. The zero-order valence-electron chi connectivity index (χ0n) is 10.1. The van der Waals surface area contributed by atoms with Gasteiger partial charge in [0.15, 0.2) is 0 Å². The van der Waals surface area contributed by atoms with Crippen molar-refractivity contribution in [3.63, 3.8) is 0 Å². The lowest BCUT2D eigenvalue weighted by Gasteiger charge is -2.17. The molecule has 0 aliphatic rings. The van der Waals surface area contributed by atoms with Crippen LogP contribution >= 0.6 is 34.9 Å². The van der Waals surface area contributed by atoms with Crippen molar-refractivity contribution in [1.29, 1.82) is 0 Å². The SMILES string of the molecule is CCCCSC(SC(C)C(=O)O)c1cccs1. The maximum atomic E-state index is 10.9. The van der Waals surface area contributed by atoms with Gasteiger partial charge in [-0.05, 0) is 30.5 Å². The minimum atomic E-state index is -0.729. The Morgan fingerprint density at radius 2 is 2.35 bits per heavy atom. The highest BCUT2D eigenvalue weighted by molar-refractivity contribution is 8.17. The number of rotatable bonds is 8. The Hall–Kier alpha value is -0.130. The summed E-state index contributed by atoms with van der Waals surface area (Å²) in [6.07, 6.45) is 2.37. The molecular weight excluding hydrogens is 272 g/mol. The van der Waals surface area contributed by atoms with Crippen molar-refractivity contribution < 1.29 is 9.90 Å². The summed E-state index contributed by atoms with van der Waals surface area (Å²) < 4.78 is 0.257. The van der Waals surface area contributed by atoms with Gasteiger partial charge in [-0.1, -0.05) is 19.4 Å². The standard InChI is InChI=1S/C12H18O2S3/c1-3-4-7-16-12(10-6-5-8-15-10)17-9(2)11(13)14/h5-6,8-9,12H,3-4,7H2,1-2H3,(H,13,14). The van der Waals surface area contributed by atoms with Crippen LogP contribution in [0, 0.1) is 0 Å². The van der Waals surface area contributed by atoms with Crippen molar-refractivity contribution in [2.75, 3.05) is 5.75 Å². The fraction of sp³-hybridized carbons (Fsp3) is 0.583. The fourth-order valence-electron chi connectivity index (χ4n) is 1.19. The zero-order valence-corrected chi connectivity index (χ0v) is 12.5. The van der Waals surface area contributed by atoms with E-state index in [-0.39, 0.29) is 9.83 Å². The topological polar surface area (TPSA) is 37.3 Å². The third-order valence-electron chi connectivity index (χ3n) is 2.22. The average molecular weight is 290 g/mol. The molecule has 0 radical (unpaired) electrons. The molecule has 96 valence electrons. The van der Waals surface area contributed by atoms with Crippen molar-refractivity contribution in [1.82, 2.24) is 0 Å². The highest BCUT2D eigenvalue weighted by atomic mass is 32.2. The van der Waals surface area contributed by atoms with Gasteiger partial charge in [0.1, 0.15) is 5.25 Å². The van der Waals surface area contributed by atoms with E-state index in [4.69, 9.17) is 5.11 Å². The number of thioether (sulfide) groups is 2. The van der Waals surface area contributed by atoms with Crippen molar-refractivity contribution >= 4 is 40.8 Å². The fourth-order valence-corrected chi connectivity index (χ4v) is 5.19. The third kappa shape index (κ3) is 5.36. The van der Waals surface area contributed by atoms with Gasteiger partial charge in [-0.3, -0.25) is 4.79 Å². The molecule has 5 heteroatoms. The third-order valence-corrected chi connectivity index (χ3v) is 6.39. The van der Waals surface area contributed by atoms with Crippen LogP contribution in [-0.2, 0) is 4.79 Å². The molecule has 2 atom stereocenters. The molecule has 0 amide bonds. The number of carboxylic acid groups (broad SMARTS) is 1. The average Bonchev–Trinajstić information content (AvgIpc) is 2.81. The number of hydrogen-bond acceptors (Lipinski definition) is 4. The molecule has 2 unspecified atom stereocenters. The van der Waals surface area contributed by atoms with E-state index in [9.17, 15) is 4.79 Å². The van der Waals surface area contributed by atoms with Crippen LogP contribution in [0.4, 0.5) is 0 Å². The van der Waals surface area contributed by atoms with Gasteiger partial charge in [0.05, 0.1) is 4.58 Å². The van der Waals surface area contributed by atoms with Crippen molar-refractivity contribution in [2.24, 2.45) is 0 Å². The molecule has 0 saturated carbocycles. The largest absolute Gasteiger partial charge is 0.480 e. The van der Waals surface area contributed by atoms with Crippen LogP contribution in [0.5, 0.6) is 0 Å². The Balaban J connectivity index is 2.56. The molecule has 1 aromatic heterocycles. The molecule has 0 aromatic carbocycles. The van der Waals surface area contributed by atoms with Crippen LogP contribution in [0.1, 0.15) is 36.1 Å². The molecule has 0 saturated heterocycles. The van der Waals surface area contributed by atoms with Crippen molar-refractivity contribution in [3.05, 3.63) is 22.4 Å². The van der Waals surface area contributed by atoms with Gasteiger partial charge in [-0.25, -0.2) is 0 Å². The Morgan fingerprint density at radius 3 is 2.88 bits per heavy atom. The van der Waals surface area contributed by atoms with Crippen LogP contribution < -0.4 is 0 Å². The van der Waals surface area contributed by atoms with E-state index in [0.29, 0.717) is 0 Å². The molecule has 17 heavy (non-hydrogen) atoms. The first-order chi connectivity index (χ1) is 8.15. The molecule has 0 bridgehead atoms. The molecule has 0 aliphatic carbocycles. The second kappa shape index (κ2) is 8.06. The van der Waals surface area contributed by atoms with Crippen LogP contribution in [0.15, 0.2) is 17.5 Å². The first-order valence-electron chi connectivity index (χ1n) is 5.68. The Morgan fingerprint density at radius 1 is 1.59 bits per heavy atom. The second-order valence-corrected chi connectivity index (χ2v) is 7.63. The number of hydrogen-bond donors (Lipinski definition) is 1. The van der Waals surface area contributed by atoms with Gasteiger partial charge < -0.3 is 5.11 Å². The normalized spacial score (nSPS) is 14.5. The molecule has 1 heterocycles. The molecule has 2 nitrogen and oxygen atoms in total. The lowest BCUT2D eigenvalue weighted by Crippen LogP contribution is -2.12. The summed E-state index contributed by atoms with van der Waals surface area (Å²) >= 11 is 5.10. The first-order valence-corrected chi connectivity index (χ1v) is 8.55. The minimum Gasteiger partial charge on any atom is -0.480 e. The quantitative estimate of drug-likeness (QED) is 0.565. The minimum absolute atomic E-state index is 0.257. The molecule has 0 aliphatic heterocycles. The zero-order chi connectivity index (χ0) is 12.7. The Kier molecular flexibility index (Phi) is 7.08. The van der Waals surface area contributed by atoms with Gasteiger partial charge in [-0.2, -0.15) is 0 Å². The molecule has 0 spiro atoms. The summed E-state index contributed by atoms with van der Waals surface area (Å²) in [5.74, 6) is 0.367. The summed E-state index contributed by atoms with van der Waals surface area (Å²) in [7, 11) is 0. The molecule has 1 rings (SSSR count). The van der Waals surface area contributed by atoms with Gasteiger partial charge >= 0.3 is 5.97 Å². The lowest BCUT2D eigenvalue weighted by atomic mass is 10.4. The molecule has 1 aromatic rings. The predicted molar refractivity (Wildman–Crippen MR) is 79.1 cm³/mol. The van der Waals surface area contributed by atoms with E-state index in [2.05, 4.69) is 18.4 Å². The number of aliphatic carboxylic acids is 1.